The van der Waals surface area contributed by atoms with E-state index in [4.69, 9.17) is 11.6 Å². The van der Waals surface area contributed by atoms with Gasteiger partial charge in [-0.2, -0.15) is 10.2 Å². The number of hydrogen-bond acceptors (Lipinski definition) is 3. The maximum atomic E-state index is 12.1. The molecule has 0 spiro atoms. The summed E-state index contributed by atoms with van der Waals surface area (Å²) in [5, 5.41) is 15.0. The standard InChI is InChI=1S/C16H14ClN5O/c1-22-16-13(8-19-22)11(6-14(23)20-16)12-7-18-21-15(12)9-2-4-10(17)5-3-9/h2-5,7-8,11H,6H2,1H3,(H,18,21)(H,20,23)/t11-/m1/s1. The van der Waals surface area contributed by atoms with Crippen molar-refractivity contribution in [1.82, 2.24) is 20.0 Å². The van der Waals surface area contributed by atoms with E-state index in [1.807, 2.05) is 31.3 Å². The van der Waals surface area contributed by atoms with E-state index in [0.29, 0.717) is 11.4 Å². The van der Waals surface area contributed by atoms with E-state index in [1.165, 1.54) is 0 Å². The van der Waals surface area contributed by atoms with Crippen molar-refractivity contribution in [3.05, 3.63) is 52.8 Å². The lowest BCUT2D eigenvalue weighted by molar-refractivity contribution is -0.116. The summed E-state index contributed by atoms with van der Waals surface area (Å²) >= 11 is 5.96. The molecule has 1 atom stereocenters. The first-order valence-electron chi connectivity index (χ1n) is 7.24. The first-order chi connectivity index (χ1) is 11.1. The molecule has 1 aliphatic rings. The van der Waals surface area contributed by atoms with Gasteiger partial charge in [0, 0.05) is 35.5 Å². The Morgan fingerprint density at radius 2 is 2.00 bits per heavy atom. The molecule has 2 aromatic heterocycles. The van der Waals surface area contributed by atoms with Crippen molar-refractivity contribution in [1.29, 1.82) is 0 Å². The third-order valence-electron chi connectivity index (χ3n) is 4.17. The van der Waals surface area contributed by atoms with Crippen molar-refractivity contribution in [2.45, 2.75) is 12.3 Å². The Hall–Kier alpha value is -2.60. The number of aromatic amines is 1. The number of benzene rings is 1. The Kier molecular flexibility index (Phi) is 3.20. The van der Waals surface area contributed by atoms with Crippen LogP contribution in [0.15, 0.2) is 36.7 Å². The van der Waals surface area contributed by atoms with Gasteiger partial charge in [0.1, 0.15) is 5.82 Å². The zero-order valence-electron chi connectivity index (χ0n) is 12.4. The van der Waals surface area contributed by atoms with Gasteiger partial charge in [-0.25, -0.2) is 0 Å². The smallest absolute Gasteiger partial charge is 0.226 e. The molecule has 2 N–H and O–H groups in total. The molecular weight excluding hydrogens is 314 g/mol. The lowest BCUT2D eigenvalue weighted by atomic mass is 9.86. The molecule has 0 saturated carbocycles. The number of H-pyrrole nitrogens is 1. The van der Waals surface area contributed by atoms with E-state index in [0.717, 1.165) is 28.2 Å². The fraction of sp³-hybridized carbons (Fsp3) is 0.188. The molecule has 0 unspecified atom stereocenters. The second-order valence-corrected chi connectivity index (χ2v) is 6.02. The minimum atomic E-state index is -0.0723. The molecule has 0 bridgehead atoms. The highest BCUT2D eigenvalue weighted by Crippen LogP contribution is 2.40. The number of nitrogens with zero attached hydrogens (tertiary/aromatic N) is 3. The average Bonchev–Trinajstić information content (AvgIpc) is 3.15. The predicted molar refractivity (Wildman–Crippen MR) is 87.3 cm³/mol. The Morgan fingerprint density at radius 3 is 2.78 bits per heavy atom. The summed E-state index contributed by atoms with van der Waals surface area (Å²) in [7, 11) is 1.82. The van der Waals surface area contributed by atoms with Gasteiger partial charge in [-0.1, -0.05) is 23.7 Å². The van der Waals surface area contributed by atoms with Crippen molar-refractivity contribution in [3.63, 3.8) is 0 Å². The van der Waals surface area contributed by atoms with Crippen LogP contribution in [0.2, 0.25) is 5.02 Å². The number of anilines is 1. The summed E-state index contributed by atoms with van der Waals surface area (Å²) in [4.78, 5) is 12.1. The SMILES string of the molecule is Cn1ncc2c1NC(=O)C[C@@H]2c1cn[nH]c1-c1ccc(Cl)cc1. The molecule has 23 heavy (non-hydrogen) atoms. The van der Waals surface area contributed by atoms with Gasteiger partial charge in [0.25, 0.3) is 0 Å². The molecule has 0 aliphatic carbocycles. The Balaban J connectivity index is 1.82. The fourth-order valence-electron chi connectivity index (χ4n) is 3.03. The Bertz CT molecular complexity index is 880. The molecule has 7 heteroatoms. The van der Waals surface area contributed by atoms with Gasteiger partial charge in [0.2, 0.25) is 5.91 Å². The van der Waals surface area contributed by atoms with Crippen LogP contribution in [-0.2, 0) is 11.8 Å². The van der Waals surface area contributed by atoms with Crippen molar-refractivity contribution < 1.29 is 4.79 Å². The van der Waals surface area contributed by atoms with Gasteiger partial charge in [0.05, 0.1) is 18.1 Å². The Morgan fingerprint density at radius 1 is 1.22 bits per heavy atom. The molecule has 0 radical (unpaired) electrons. The highest BCUT2D eigenvalue weighted by Gasteiger charge is 2.31. The summed E-state index contributed by atoms with van der Waals surface area (Å²) in [5.74, 6) is 0.653. The third-order valence-corrected chi connectivity index (χ3v) is 4.42. The van der Waals surface area contributed by atoms with Crippen LogP contribution in [0.3, 0.4) is 0 Å². The third kappa shape index (κ3) is 2.31. The second kappa shape index (κ2) is 5.24. The average molecular weight is 328 g/mol. The van der Waals surface area contributed by atoms with Crippen molar-refractivity contribution in [2.24, 2.45) is 7.05 Å². The molecule has 4 rings (SSSR count). The van der Waals surface area contributed by atoms with Gasteiger partial charge in [-0.05, 0) is 17.7 Å². The van der Waals surface area contributed by atoms with E-state index >= 15 is 0 Å². The zero-order chi connectivity index (χ0) is 16.0. The van der Waals surface area contributed by atoms with Crippen LogP contribution in [0.4, 0.5) is 5.82 Å². The number of nitrogens with one attached hydrogen (secondary N) is 2. The number of halogens is 1. The lowest BCUT2D eigenvalue weighted by Gasteiger charge is -2.23. The summed E-state index contributed by atoms with van der Waals surface area (Å²) in [6.07, 6.45) is 3.96. The van der Waals surface area contributed by atoms with E-state index in [2.05, 4.69) is 20.6 Å². The summed E-state index contributed by atoms with van der Waals surface area (Å²) in [6.45, 7) is 0. The number of aromatic nitrogens is 4. The number of carbonyl (C=O) groups is 1. The monoisotopic (exact) mass is 327 g/mol. The van der Waals surface area contributed by atoms with Crippen LogP contribution < -0.4 is 5.32 Å². The van der Waals surface area contributed by atoms with Crippen LogP contribution in [0.5, 0.6) is 0 Å². The summed E-state index contributed by atoms with van der Waals surface area (Å²) in [6, 6.07) is 7.55. The summed E-state index contributed by atoms with van der Waals surface area (Å²) in [5.41, 5.74) is 3.87. The number of rotatable bonds is 2. The lowest BCUT2D eigenvalue weighted by Crippen LogP contribution is -2.24. The highest BCUT2D eigenvalue weighted by molar-refractivity contribution is 6.30. The van der Waals surface area contributed by atoms with E-state index in [1.54, 1.807) is 17.1 Å². The maximum absolute atomic E-state index is 12.1. The fourth-order valence-corrected chi connectivity index (χ4v) is 3.15. The van der Waals surface area contributed by atoms with Crippen molar-refractivity contribution >= 4 is 23.3 Å². The number of amides is 1. The molecule has 1 aliphatic heterocycles. The van der Waals surface area contributed by atoms with Crippen LogP contribution in [0.25, 0.3) is 11.3 Å². The Labute approximate surface area is 137 Å². The zero-order valence-corrected chi connectivity index (χ0v) is 13.1. The van der Waals surface area contributed by atoms with Gasteiger partial charge in [0.15, 0.2) is 0 Å². The summed E-state index contributed by atoms with van der Waals surface area (Å²) < 4.78 is 1.68. The van der Waals surface area contributed by atoms with Crippen LogP contribution >= 0.6 is 11.6 Å². The van der Waals surface area contributed by atoms with Gasteiger partial charge in [-0.3, -0.25) is 14.6 Å². The molecule has 0 fully saturated rings. The van der Waals surface area contributed by atoms with Crippen molar-refractivity contribution in [2.75, 3.05) is 5.32 Å². The minimum Gasteiger partial charge on any atom is -0.311 e. The minimum absolute atomic E-state index is 0.0191. The molecule has 116 valence electrons. The highest BCUT2D eigenvalue weighted by atomic mass is 35.5. The van der Waals surface area contributed by atoms with Gasteiger partial charge < -0.3 is 5.32 Å². The normalized spacial score (nSPS) is 17.0. The first-order valence-corrected chi connectivity index (χ1v) is 7.62. The van der Waals surface area contributed by atoms with Crippen LogP contribution in [0.1, 0.15) is 23.5 Å². The molecule has 6 nitrogen and oxygen atoms in total. The number of hydrogen-bond donors (Lipinski definition) is 2. The molecular formula is C16H14ClN5O. The van der Waals surface area contributed by atoms with Gasteiger partial charge >= 0.3 is 0 Å². The second-order valence-electron chi connectivity index (χ2n) is 5.58. The van der Waals surface area contributed by atoms with Gasteiger partial charge in [-0.15, -0.1) is 0 Å². The quantitative estimate of drug-likeness (QED) is 0.760. The molecule has 0 saturated heterocycles. The van der Waals surface area contributed by atoms with Crippen LogP contribution in [-0.4, -0.2) is 25.9 Å². The predicted octanol–water partition coefficient (Wildman–Crippen LogP) is 2.94. The maximum Gasteiger partial charge on any atom is 0.226 e. The first kappa shape index (κ1) is 14.0. The topological polar surface area (TPSA) is 75.6 Å². The molecule has 1 amide bonds. The van der Waals surface area contributed by atoms with E-state index in [9.17, 15) is 4.79 Å². The number of fused-ring (bicyclic) bond motifs is 1. The van der Waals surface area contributed by atoms with E-state index in [-0.39, 0.29) is 11.8 Å². The van der Waals surface area contributed by atoms with E-state index < -0.39 is 0 Å². The number of carbonyl (C=O) groups excluding carboxylic acids is 1. The van der Waals surface area contributed by atoms with Crippen molar-refractivity contribution in [3.8, 4) is 11.3 Å². The van der Waals surface area contributed by atoms with Crippen LogP contribution in [0, 0.1) is 0 Å². The largest absolute Gasteiger partial charge is 0.311 e. The number of aryl methyl sites for hydroxylation is 1. The molecule has 1 aromatic carbocycles. The molecule has 3 aromatic rings. The molecule has 3 heterocycles.